The van der Waals surface area contributed by atoms with Crippen LogP contribution in [0.15, 0.2) is 65.6 Å². The van der Waals surface area contributed by atoms with Crippen LogP contribution in [-0.2, 0) is 16.4 Å². The molecule has 6 nitrogen and oxygen atoms in total. The molecule has 0 bridgehead atoms. The van der Waals surface area contributed by atoms with E-state index in [9.17, 15) is 17.6 Å². The van der Waals surface area contributed by atoms with Crippen LogP contribution in [0.4, 0.5) is 15.8 Å². The van der Waals surface area contributed by atoms with Gasteiger partial charge in [-0.05, 0) is 73.4 Å². The smallest absolute Gasteiger partial charge is 0.255 e. The van der Waals surface area contributed by atoms with E-state index in [0.29, 0.717) is 18.8 Å². The highest BCUT2D eigenvalue weighted by Gasteiger charge is 2.31. The van der Waals surface area contributed by atoms with Crippen molar-refractivity contribution in [3.8, 4) is 0 Å². The average Bonchev–Trinajstić information content (AvgIpc) is 2.86. The van der Waals surface area contributed by atoms with Gasteiger partial charge in [-0.3, -0.25) is 4.79 Å². The molecule has 0 aromatic heterocycles. The molecule has 1 fully saturated rings. The van der Waals surface area contributed by atoms with Crippen molar-refractivity contribution < 1.29 is 17.6 Å². The van der Waals surface area contributed by atoms with E-state index in [0.717, 1.165) is 35.4 Å². The third-order valence-corrected chi connectivity index (χ3v) is 8.50. The molecule has 0 unspecified atom stereocenters. The number of halogens is 1. The lowest BCUT2D eigenvalue weighted by atomic mass is 10.1. The highest BCUT2D eigenvalue weighted by atomic mass is 32.2. The van der Waals surface area contributed by atoms with E-state index in [1.807, 2.05) is 44.2 Å². The van der Waals surface area contributed by atoms with Crippen molar-refractivity contribution in [2.24, 2.45) is 0 Å². The molecule has 0 saturated carbocycles. The molecule has 1 amide bonds. The fourth-order valence-electron chi connectivity index (χ4n) is 4.26. The van der Waals surface area contributed by atoms with Crippen molar-refractivity contribution in [1.82, 2.24) is 4.31 Å². The minimum Gasteiger partial charge on any atom is -0.369 e. The first-order chi connectivity index (χ1) is 16.7. The fraction of sp³-hybridized carbons (Fsp3) is 0.296. The van der Waals surface area contributed by atoms with Crippen LogP contribution in [0.1, 0.15) is 34.0 Å². The molecule has 3 aromatic rings. The predicted molar refractivity (Wildman–Crippen MR) is 137 cm³/mol. The fourth-order valence-corrected chi connectivity index (χ4v) is 5.77. The standard InChI is InChI=1S/C27H30FN3O3S/c1-4-21-8-11-23(12-9-21)29-27(32)22-10-13-24(28)26(18-22)35(33,34)31-16-14-30(15-17-31)25-7-5-6-19(2)20(25)3/h5-13,18H,4,14-17H2,1-3H3,(H,29,32). The molecule has 0 atom stereocenters. The molecule has 4 rings (SSSR count). The molecule has 1 N–H and O–H groups in total. The summed E-state index contributed by atoms with van der Waals surface area (Å²) in [5.74, 6) is -1.36. The quantitative estimate of drug-likeness (QED) is 0.535. The van der Waals surface area contributed by atoms with Crippen LogP contribution in [0.3, 0.4) is 0 Å². The van der Waals surface area contributed by atoms with Gasteiger partial charge in [0.05, 0.1) is 0 Å². The van der Waals surface area contributed by atoms with E-state index in [4.69, 9.17) is 0 Å². The second kappa shape index (κ2) is 10.2. The molecule has 0 aliphatic carbocycles. The van der Waals surface area contributed by atoms with E-state index in [1.165, 1.54) is 15.9 Å². The zero-order valence-corrected chi connectivity index (χ0v) is 21.0. The van der Waals surface area contributed by atoms with Gasteiger partial charge in [-0.25, -0.2) is 12.8 Å². The second-order valence-electron chi connectivity index (χ2n) is 8.76. The number of carbonyl (C=O) groups is 1. The maximum absolute atomic E-state index is 14.7. The summed E-state index contributed by atoms with van der Waals surface area (Å²) in [6, 6.07) is 16.9. The molecule has 1 heterocycles. The monoisotopic (exact) mass is 495 g/mol. The minimum absolute atomic E-state index is 0.0820. The predicted octanol–water partition coefficient (Wildman–Crippen LogP) is 4.77. The first-order valence-electron chi connectivity index (χ1n) is 11.7. The Hall–Kier alpha value is -3.23. The molecule has 35 heavy (non-hydrogen) atoms. The Morgan fingerprint density at radius 1 is 0.971 bits per heavy atom. The molecular weight excluding hydrogens is 465 g/mol. The van der Waals surface area contributed by atoms with Crippen molar-refractivity contribution in [2.45, 2.75) is 32.1 Å². The van der Waals surface area contributed by atoms with Crippen LogP contribution in [0.5, 0.6) is 0 Å². The maximum Gasteiger partial charge on any atom is 0.255 e. The first kappa shape index (κ1) is 24.9. The molecular formula is C27H30FN3O3S. The van der Waals surface area contributed by atoms with Crippen LogP contribution in [0.2, 0.25) is 0 Å². The van der Waals surface area contributed by atoms with Gasteiger partial charge >= 0.3 is 0 Å². The number of hydrogen-bond donors (Lipinski definition) is 1. The van der Waals surface area contributed by atoms with E-state index in [1.54, 1.807) is 12.1 Å². The molecule has 3 aromatic carbocycles. The molecule has 0 radical (unpaired) electrons. The number of piperazine rings is 1. The first-order valence-corrected chi connectivity index (χ1v) is 13.2. The zero-order chi connectivity index (χ0) is 25.2. The lowest BCUT2D eigenvalue weighted by molar-refractivity contribution is 0.102. The minimum atomic E-state index is -4.10. The van der Waals surface area contributed by atoms with Gasteiger partial charge in [-0.1, -0.05) is 31.2 Å². The summed E-state index contributed by atoms with van der Waals surface area (Å²) >= 11 is 0. The Labute approximate surface area is 206 Å². The third kappa shape index (κ3) is 5.23. The van der Waals surface area contributed by atoms with Gasteiger partial charge in [-0.15, -0.1) is 0 Å². The summed E-state index contributed by atoms with van der Waals surface area (Å²) in [4.78, 5) is 14.4. The summed E-state index contributed by atoms with van der Waals surface area (Å²) in [7, 11) is -4.10. The maximum atomic E-state index is 14.7. The largest absolute Gasteiger partial charge is 0.369 e. The van der Waals surface area contributed by atoms with Gasteiger partial charge in [0.1, 0.15) is 10.7 Å². The highest BCUT2D eigenvalue weighted by molar-refractivity contribution is 7.89. The topological polar surface area (TPSA) is 69.7 Å². The molecule has 8 heteroatoms. The summed E-state index contributed by atoms with van der Waals surface area (Å²) in [6.07, 6.45) is 0.881. The van der Waals surface area contributed by atoms with Gasteiger partial charge < -0.3 is 10.2 Å². The van der Waals surface area contributed by atoms with Gasteiger partial charge in [0.2, 0.25) is 10.0 Å². The van der Waals surface area contributed by atoms with Crippen LogP contribution < -0.4 is 10.2 Å². The zero-order valence-electron chi connectivity index (χ0n) is 20.2. The van der Waals surface area contributed by atoms with Crippen molar-refractivity contribution in [2.75, 3.05) is 36.4 Å². The number of benzene rings is 3. The number of anilines is 2. The van der Waals surface area contributed by atoms with Crippen LogP contribution in [-0.4, -0.2) is 44.8 Å². The van der Waals surface area contributed by atoms with E-state index in [2.05, 4.69) is 17.1 Å². The van der Waals surface area contributed by atoms with Gasteiger partial charge in [0.15, 0.2) is 0 Å². The van der Waals surface area contributed by atoms with Crippen LogP contribution in [0.25, 0.3) is 0 Å². The molecule has 184 valence electrons. The third-order valence-electron chi connectivity index (χ3n) is 6.59. The van der Waals surface area contributed by atoms with Gasteiger partial charge in [0, 0.05) is 43.1 Å². The Morgan fingerprint density at radius 3 is 2.31 bits per heavy atom. The number of hydrogen-bond acceptors (Lipinski definition) is 4. The SMILES string of the molecule is CCc1ccc(NC(=O)c2ccc(F)c(S(=O)(=O)N3CCN(c4cccc(C)c4C)CC3)c2)cc1. The molecule has 0 spiro atoms. The van der Waals surface area contributed by atoms with E-state index >= 15 is 0 Å². The van der Waals surface area contributed by atoms with Crippen LogP contribution in [0, 0.1) is 19.7 Å². The number of rotatable bonds is 6. The Balaban J connectivity index is 1.50. The number of aryl methyl sites for hydroxylation is 2. The number of sulfonamides is 1. The normalized spacial score (nSPS) is 14.7. The summed E-state index contributed by atoms with van der Waals surface area (Å²) < 4.78 is 42.6. The average molecular weight is 496 g/mol. The molecule has 1 aliphatic rings. The summed E-state index contributed by atoms with van der Waals surface area (Å²) in [5.41, 5.74) is 5.23. The van der Waals surface area contributed by atoms with Gasteiger partial charge in [-0.2, -0.15) is 4.31 Å². The van der Waals surface area contributed by atoms with Gasteiger partial charge in [0.25, 0.3) is 5.91 Å². The van der Waals surface area contributed by atoms with Crippen molar-refractivity contribution in [3.63, 3.8) is 0 Å². The second-order valence-corrected chi connectivity index (χ2v) is 10.7. The van der Waals surface area contributed by atoms with E-state index in [-0.39, 0.29) is 18.7 Å². The van der Waals surface area contributed by atoms with Crippen molar-refractivity contribution >= 4 is 27.3 Å². The number of carbonyl (C=O) groups excluding carboxylic acids is 1. The van der Waals surface area contributed by atoms with Crippen molar-refractivity contribution in [1.29, 1.82) is 0 Å². The number of nitrogens with zero attached hydrogens (tertiary/aromatic N) is 2. The lowest BCUT2D eigenvalue weighted by Gasteiger charge is -2.36. The molecule has 1 saturated heterocycles. The Morgan fingerprint density at radius 2 is 1.66 bits per heavy atom. The summed E-state index contributed by atoms with van der Waals surface area (Å²) in [6.45, 7) is 7.60. The highest BCUT2D eigenvalue weighted by Crippen LogP contribution is 2.27. The molecule has 1 aliphatic heterocycles. The Kier molecular flexibility index (Phi) is 7.23. The number of nitrogens with one attached hydrogen (secondary N) is 1. The number of amides is 1. The van der Waals surface area contributed by atoms with Crippen LogP contribution >= 0.6 is 0 Å². The summed E-state index contributed by atoms with van der Waals surface area (Å²) in [5, 5.41) is 2.74. The van der Waals surface area contributed by atoms with E-state index < -0.39 is 26.6 Å². The Bertz CT molecular complexity index is 1330. The van der Waals surface area contributed by atoms with Crippen molar-refractivity contribution in [3.05, 3.63) is 88.7 Å². The lowest BCUT2D eigenvalue weighted by Crippen LogP contribution is -2.49.